The summed E-state index contributed by atoms with van der Waals surface area (Å²) in [6.45, 7) is 2.94. The number of nitrogens with zero attached hydrogens (tertiary/aromatic N) is 4. The topological polar surface area (TPSA) is 119 Å². The Hall–Kier alpha value is -2.45. The first-order valence-electron chi connectivity index (χ1n) is 5.88. The van der Waals surface area contributed by atoms with Crippen LogP contribution in [-0.4, -0.2) is 50.2 Å². The summed E-state index contributed by atoms with van der Waals surface area (Å²) in [5, 5.41) is 23.4. The fourth-order valence-electron chi connectivity index (χ4n) is 1.74. The fraction of sp³-hybridized carbons (Fsp3) is 0.545. The van der Waals surface area contributed by atoms with Gasteiger partial charge in [-0.3, -0.25) is 24.4 Å². The van der Waals surface area contributed by atoms with Crippen molar-refractivity contribution in [3.8, 4) is 0 Å². The van der Waals surface area contributed by atoms with Crippen LogP contribution < -0.4 is 0 Å². The molecule has 1 rings (SSSR count). The molecule has 0 atom stereocenters. The van der Waals surface area contributed by atoms with Crippen molar-refractivity contribution in [3.63, 3.8) is 0 Å². The number of aliphatic carboxylic acids is 1. The van der Waals surface area contributed by atoms with E-state index < -0.39 is 10.9 Å². The average molecular weight is 284 g/mol. The highest BCUT2D eigenvalue weighted by Gasteiger charge is 2.23. The van der Waals surface area contributed by atoms with Crippen molar-refractivity contribution < 1.29 is 19.6 Å². The number of nitro groups is 1. The molecule has 1 aromatic rings. The lowest BCUT2D eigenvalue weighted by molar-refractivity contribution is -0.386. The number of aryl methyl sites for hydroxylation is 1. The van der Waals surface area contributed by atoms with E-state index in [-0.39, 0.29) is 36.8 Å². The van der Waals surface area contributed by atoms with E-state index in [4.69, 9.17) is 5.11 Å². The molecule has 0 spiro atoms. The van der Waals surface area contributed by atoms with E-state index in [1.165, 1.54) is 30.5 Å². The van der Waals surface area contributed by atoms with Gasteiger partial charge in [0, 0.05) is 13.6 Å². The van der Waals surface area contributed by atoms with Gasteiger partial charge in [0.15, 0.2) is 0 Å². The quantitative estimate of drug-likeness (QED) is 0.594. The Morgan fingerprint density at radius 2 is 2.05 bits per heavy atom. The smallest absolute Gasteiger partial charge is 0.312 e. The summed E-state index contributed by atoms with van der Waals surface area (Å²) in [5.41, 5.74) is 0.437. The zero-order valence-electron chi connectivity index (χ0n) is 11.5. The van der Waals surface area contributed by atoms with Gasteiger partial charge in [-0.15, -0.1) is 0 Å². The Kier molecular flexibility index (Phi) is 4.78. The van der Waals surface area contributed by atoms with Gasteiger partial charge < -0.3 is 10.0 Å². The van der Waals surface area contributed by atoms with Gasteiger partial charge >= 0.3 is 11.7 Å². The maximum absolute atomic E-state index is 11.9. The summed E-state index contributed by atoms with van der Waals surface area (Å²) in [4.78, 5) is 33.9. The number of rotatable bonds is 6. The molecule has 9 heteroatoms. The number of carboxylic acids is 1. The van der Waals surface area contributed by atoms with Gasteiger partial charge in [0.05, 0.1) is 11.3 Å². The van der Waals surface area contributed by atoms with Crippen LogP contribution in [0.3, 0.4) is 0 Å². The first-order valence-corrected chi connectivity index (χ1v) is 5.88. The second-order valence-corrected chi connectivity index (χ2v) is 4.39. The SMILES string of the molecule is Cc1nn(CC(=O)N(C)CCC(=O)O)c(C)c1[N+](=O)[O-]. The van der Waals surface area contributed by atoms with Crippen molar-refractivity contribution in [1.82, 2.24) is 14.7 Å². The van der Waals surface area contributed by atoms with Crippen molar-refractivity contribution in [2.45, 2.75) is 26.8 Å². The second-order valence-electron chi connectivity index (χ2n) is 4.39. The Labute approximate surface area is 114 Å². The van der Waals surface area contributed by atoms with E-state index in [0.29, 0.717) is 5.69 Å². The summed E-state index contributed by atoms with van der Waals surface area (Å²) in [7, 11) is 1.48. The van der Waals surface area contributed by atoms with E-state index >= 15 is 0 Å². The van der Waals surface area contributed by atoms with Gasteiger partial charge in [0.25, 0.3) is 0 Å². The minimum Gasteiger partial charge on any atom is -0.481 e. The number of carbonyl (C=O) groups excluding carboxylic acids is 1. The number of carboxylic acid groups (broad SMARTS) is 1. The van der Waals surface area contributed by atoms with Gasteiger partial charge in [0.2, 0.25) is 5.91 Å². The number of hydrogen-bond donors (Lipinski definition) is 1. The fourth-order valence-corrected chi connectivity index (χ4v) is 1.74. The van der Waals surface area contributed by atoms with Crippen LogP contribution in [0.25, 0.3) is 0 Å². The Morgan fingerprint density at radius 1 is 1.45 bits per heavy atom. The zero-order valence-corrected chi connectivity index (χ0v) is 11.5. The summed E-state index contributed by atoms with van der Waals surface area (Å²) < 4.78 is 1.26. The first kappa shape index (κ1) is 15.6. The van der Waals surface area contributed by atoms with Crippen molar-refractivity contribution >= 4 is 17.6 Å². The molecule has 0 aromatic carbocycles. The summed E-state index contributed by atoms with van der Waals surface area (Å²) in [5.74, 6) is -1.35. The monoisotopic (exact) mass is 284 g/mol. The number of amides is 1. The predicted octanol–water partition coefficient (Wildman–Crippen LogP) is 0.341. The molecular weight excluding hydrogens is 268 g/mol. The Bertz CT molecular complexity index is 551. The molecule has 0 saturated carbocycles. The summed E-state index contributed by atoms with van der Waals surface area (Å²) in [6.07, 6.45) is -0.153. The number of hydrogen-bond acceptors (Lipinski definition) is 5. The van der Waals surface area contributed by atoms with Gasteiger partial charge in [0.1, 0.15) is 17.9 Å². The molecule has 0 unspecified atom stereocenters. The molecule has 20 heavy (non-hydrogen) atoms. The predicted molar refractivity (Wildman–Crippen MR) is 68.2 cm³/mol. The van der Waals surface area contributed by atoms with Crippen LogP contribution in [0.4, 0.5) is 5.69 Å². The third-order valence-corrected chi connectivity index (χ3v) is 2.90. The second kappa shape index (κ2) is 6.13. The standard InChI is InChI=1S/C11H16N4O5/c1-7-11(15(19)20)8(2)14(12-7)6-9(16)13(3)5-4-10(17)18/h4-6H2,1-3H3,(H,17,18). The molecule has 1 aromatic heterocycles. The van der Waals surface area contributed by atoms with Crippen LogP contribution in [-0.2, 0) is 16.1 Å². The van der Waals surface area contributed by atoms with Gasteiger partial charge in [-0.05, 0) is 13.8 Å². The normalized spacial score (nSPS) is 10.3. The largest absolute Gasteiger partial charge is 0.481 e. The van der Waals surface area contributed by atoms with Crippen LogP contribution in [0.5, 0.6) is 0 Å². The van der Waals surface area contributed by atoms with Gasteiger partial charge in [-0.1, -0.05) is 0 Å². The highest BCUT2D eigenvalue weighted by Crippen LogP contribution is 2.21. The third kappa shape index (κ3) is 3.53. The van der Waals surface area contributed by atoms with Crippen LogP contribution in [0.1, 0.15) is 17.8 Å². The average Bonchev–Trinajstić information content (AvgIpc) is 2.61. The molecule has 0 saturated heterocycles. The summed E-state index contributed by atoms with van der Waals surface area (Å²) in [6, 6.07) is 0. The third-order valence-electron chi connectivity index (χ3n) is 2.90. The van der Waals surface area contributed by atoms with Crippen molar-refractivity contribution in [2.75, 3.05) is 13.6 Å². The highest BCUT2D eigenvalue weighted by molar-refractivity contribution is 5.76. The van der Waals surface area contributed by atoms with Gasteiger partial charge in [-0.2, -0.15) is 5.10 Å². The molecule has 0 radical (unpaired) electrons. The first-order chi connectivity index (χ1) is 9.23. The van der Waals surface area contributed by atoms with Crippen molar-refractivity contribution in [1.29, 1.82) is 0 Å². The van der Waals surface area contributed by atoms with E-state index in [0.717, 1.165) is 0 Å². The molecule has 9 nitrogen and oxygen atoms in total. The highest BCUT2D eigenvalue weighted by atomic mass is 16.6. The van der Waals surface area contributed by atoms with Gasteiger partial charge in [-0.25, -0.2) is 0 Å². The lowest BCUT2D eigenvalue weighted by atomic mass is 10.3. The Morgan fingerprint density at radius 3 is 2.50 bits per heavy atom. The lowest BCUT2D eigenvalue weighted by Gasteiger charge is -2.16. The van der Waals surface area contributed by atoms with Crippen LogP contribution in [0, 0.1) is 24.0 Å². The van der Waals surface area contributed by atoms with Crippen LogP contribution in [0.2, 0.25) is 0 Å². The Balaban J connectivity index is 2.78. The number of likely N-dealkylation sites (N-methyl/N-ethyl adjacent to an activating group) is 1. The molecule has 0 aliphatic heterocycles. The number of carbonyl (C=O) groups is 2. The molecule has 0 aliphatic rings. The van der Waals surface area contributed by atoms with E-state index in [1.54, 1.807) is 0 Å². The molecule has 1 heterocycles. The van der Waals surface area contributed by atoms with E-state index in [9.17, 15) is 19.7 Å². The van der Waals surface area contributed by atoms with Crippen LogP contribution in [0.15, 0.2) is 0 Å². The lowest BCUT2D eigenvalue weighted by Crippen LogP contribution is -2.32. The van der Waals surface area contributed by atoms with Crippen molar-refractivity contribution in [2.24, 2.45) is 0 Å². The van der Waals surface area contributed by atoms with E-state index in [2.05, 4.69) is 5.10 Å². The number of aromatic nitrogens is 2. The molecule has 0 fully saturated rings. The molecule has 110 valence electrons. The zero-order chi connectivity index (χ0) is 15.4. The maximum Gasteiger partial charge on any atom is 0.312 e. The van der Waals surface area contributed by atoms with E-state index in [1.807, 2.05) is 0 Å². The minimum absolute atomic E-state index is 0.0789. The minimum atomic E-state index is -0.994. The molecular formula is C11H16N4O5. The molecule has 1 N–H and O–H groups in total. The molecule has 0 bridgehead atoms. The molecule has 1 amide bonds. The summed E-state index contributed by atoms with van der Waals surface area (Å²) >= 11 is 0. The van der Waals surface area contributed by atoms with Crippen LogP contribution >= 0.6 is 0 Å². The molecule has 0 aliphatic carbocycles. The maximum atomic E-state index is 11.9. The van der Waals surface area contributed by atoms with Crippen molar-refractivity contribution in [3.05, 3.63) is 21.5 Å².